The number of fused-ring (bicyclic) bond motifs is 1. The molecule has 0 aliphatic carbocycles. The van der Waals surface area contributed by atoms with Gasteiger partial charge in [-0.3, -0.25) is 14.5 Å². The first-order chi connectivity index (χ1) is 14.4. The quantitative estimate of drug-likeness (QED) is 0.499. The average Bonchev–Trinajstić information content (AvgIpc) is 3.24. The van der Waals surface area contributed by atoms with E-state index in [0.29, 0.717) is 27.9 Å². The van der Waals surface area contributed by atoms with Crippen molar-refractivity contribution in [2.75, 3.05) is 25.6 Å². The van der Waals surface area contributed by atoms with Crippen molar-refractivity contribution in [2.45, 2.75) is 18.7 Å². The summed E-state index contributed by atoms with van der Waals surface area (Å²) in [6, 6.07) is 13.0. The highest BCUT2D eigenvalue weighted by Crippen LogP contribution is 2.51. The van der Waals surface area contributed by atoms with E-state index in [2.05, 4.69) is 4.99 Å². The second kappa shape index (κ2) is 8.20. The molecule has 0 aromatic heterocycles. The lowest BCUT2D eigenvalue weighted by molar-refractivity contribution is -0.122. The normalized spacial score (nSPS) is 19.6. The fourth-order valence-corrected chi connectivity index (χ4v) is 5.62. The number of ketones is 1. The number of ether oxygens (including phenoxy) is 1. The molecule has 1 saturated heterocycles. The summed E-state index contributed by atoms with van der Waals surface area (Å²) in [4.78, 5) is 34.8. The molecule has 30 heavy (non-hydrogen) atoms. The van der Waals surface area contributed by atoms with E-state index in [1.54, 1.807) is 48.0 Å². The standard InChI is InChI=1S/C22H21N3O3S2/c1-5-25-20(27)19(21-24(3)17-12-16(28-4)10-11-18(17)29-21)30-22(25)23-15-8-6-14(7-9-15)13(2)26/h6-12H,5H2,1-4H3/b21-19+,23-22?. The number of methoxy groups -OCH3 is 1. The molecule has 1 amide bonds. The summed E-state index contributed by atoms with van der Waals surface area (Å²) < 4.78 is 5.34. The van der Waals surface area contributed by atoms with Crippen LogP contribution in [0.1, 0.15) is 24.2 Å². The molecule has 154 valence electrons. The number of thioether (sulfide) groups is 2. The Morgan fingerprint density at radius 3 is 2.50 bits per heavy atom. The number of amidine groups is 1. The van der Waals surface area contributed by atoms with Crippen molar-refractivity contribution in [1.29, 1.82) is 0 Å². The number of rotatable bonds is 4. The first-order valence-corrected chi connectivity index (χ1v) is 11.1. The van der Waals surface area contributed by atoms with Crippen molar-refractivity contribution in [3.05, 3.63) is 58.0 Å². The molecule has 2 aromatic carbocycles. The first kappa shape index (κ1) is 20.6. The monoisotopic (exact) mass is 439 g/mol. The molecule has 2 heterocycles. The second-order valence-corrected chi connectivity index (χ2v) is 8.79. The molecule has 1 fully saturated rings. The second-order valence-electron chi connectivity index (χ2n) is 6.78. The first-order valence-electron chi connectivity index (χ1n) is 9.46. The molecular weight excluding hydrogens is 418 g/mol. The molecule has 0 atom stereocenters. The molecule has 0 saturated carbocycles. The summed E-state index contributed by atoms with van der Waals surface area (Å²) in [5, 5.41) is 1.53. The predicted octanol–water partition coefficient (Wildman–Crippen LogP) is 4.89. The maximum Gasteiger partial charge on any atom is 0.269 e. The maximum atomic E-state index is 13.1. The van der Waals surface area contributed by atoms with E-state index >= 15 is 0 Å². The molecular formula is C22H21N3O3S2. The lowest BCUT2D eigenvalue weighted by atomic mass is 10.1. The van der Waals surface area contributed by atoms with E-state index < -0.39 is 0 Å². The van der Waals surface area contributed by atoms with Gasteiger partial charge in [-0.15, -0.1) is 0 Å². The smallest absolute Gasteiger partial charge is 0.269 e. The number of likely N-dealkylation sites (N-methyl/N-ethyl adjacent to an activating group) is 1. The highest BCUT2D eigenvalue weighted by atomic mass is 32.2. The zero-order valence-electron chi connectivity index (χ0n) is 17.1. The Kier molecular flexibility index (Phi) is 5.62. The van der Waals surface area contributed by atoms with Gasteiger partial charge in [0.05, 0.1) is 23.5 Å². The number of carbonyl (C=O) groups is 2. The van der Waals surface area contributed by atoms with E-state index in [-0.39, 0.29) is 11.7 Å². The number of amides is 1. The number of hydrogen-bond acceptors (Lipinski definition) is 7. The molecule has 6 nitrogen and oxygen atoms in total. The Morgan fingerprint density at radius 1 is 1.13 bits per heavy atom. The van der Waals surface area contributed by atoms with Crippen LogP contribution in [0.5, 0.6) is 5.75 Å². The summed E-state index contributed by atoms with van der Waals surface area (Å²) in [6.07, 6.45) is 0. The number of nitrogens with zero attached hydrogens (tertiary/aromatic N) is 3. The number of Topliss-reactive ketones (excluding diaryl/α,β-unsaturated/α-hetero) is 1. The molecule has 0 unspecified atom stereocenters. The highest BCUT2D eigenvalue weighted by Gasteiger charge is 2.38. The lowest BCUT2D eigenvalue weighted by Gasteiger charge is -2.15. The average molecular weight is 440 g/mol. The summed E-state index contributed by atoms with van der Waals surface area (Å²) in [5.74, 6) is 0.749. The van der Waals surface area contributed by atoms with E-state index in [0.717, 1.165) is 21.4 Å². The van der Waals surface area contributed by atoms with Crippen molar-refractivity contribution in [2.24, 2.45) is 4.99 Å². The fourth-order valence-electron chi connectivity index (χ4n) is 3.23. The molecule has 0 spiro atoms. The van der Waals surface area contributed by atoms with Crippen LogP contribution in [-0.4, -0.2) is 42.5 Å². The van der Waals surface area contributed by atoms with Gasteiger partial charge in [0.25, 0.3) is 5.91 Å². The molecule has 0 N–H and O–H groups in total. The van der Waals surface area contributed by atoms with Crippen LogP contribution in [0.15, 0.2) is 62.3 Å². The topological polar surface area (TPSA) is 62.2 Å². The number of hydrogen-bond donors (Lipinski definition) is 0. The number of benzene rings is 2. The molecule has 2 aliphatic heterocycles. The van der Waals surface area contributed by atoms with Crippen molar-refractivity contribution >= 4 is 51.8 Å². The van der Waals surface area contributed by atoms with Gasteiger partial charge in [-0.2, -0.15) is 0 Å². The largest absolute Gasteiger partial charge is 0.497 e. The molecule has 8 heteroatoms. The van der Waals surface area contributed by atoms with Crippen molar-refractivity contribution in [3.8, 4) is 5.75 Å². The van der Waals surface area contributed by atoms with E-state index in [9.17, 15) is 9.59 Å². The maximum absolute atomic E-state index is 13.1. The third-order valence-electron chi connectivity index (χ3n) is 4.91. The van der Waals surface area contributed by atoms with Crippen LogP contribution in [0.3, 0.4) is 0 Å². The number of anilines is 1. The van der Waals surface area contributed by atoms with Crippen molar-refractivity contribution < 1.29 is 14.3 Å². The van der Waals surface area contributed by atoms with Gasteiger partial charge in [0.2, 0.25) is 0 Å². The predicted molar refractivity (Wildman–Crippen MR) is 123 cm³/mol. The summed E-state index contributed by atoms with van der Waals surface area (Å²) in [6.45, 7) is 4.00. The van der Waals surface area contributed by atoms with Crippen molar-refractivity contribution in [1.82, 2.24) is 4.90 Å². The molecule has 0 radical (unpaired) electrons. The lowest BCUT2D eigenvalue weighted by Crippen LogP contribution is -2.29. The van der Waals surface area contributed by atoms with Gasteiger partial charge in [0.1, 0.15) is 10.7 Å². The number of aliphatic imine (C=N–C) groups is 1. The summed E-state index contributed by atoms with van der Waals surface area (Å²) in [5.41, 5.74) is 2.37. The zero-order chi connectivity index (χ0) is 21.4. The Labute approximate surface area is 184 Å². The Hall–Kier alpha value is -2.71. The molecule has 2 aromatic rings. The third-order valence-corrected chi connectivity index (χ3v) is 7.34. The minimum atomic E-state index is -0.0456. The highest BCUT2D eigenvalue weighted by molar-refractivity contribution is 8.19. The summed E-state index contributed by atoms with van der Waals surface area (Å²) >= 11 is 2.96. The van der Waals surface area contributed by atoms with Crippen LogP contribution in [0, 0.1) is 0 Å². The number of carbonyl (C=O) groups excluding carboxylic acids is 2. The zero-order valence-corrected chi connectivity index (χ0v) is 18.8. The van der Waals surface area contributed by atoms with Gasteiger partial charge in [-0.05, 0) is 62.0 Å². The Morgan fingerprint density at radius 2 is 1.87 bits per heavy atom. The van der Waals surface area contributed by atoms with Crippen LogP contribution in [0.4, 0.5) is 11.4 Å². The van der Waals surface area contributed by atoms with Crippen LogP contribution in [0.25, 0.3) is 0 Å². The summed E-state index contributed by atoms with van der Waals surface area (Å²) in [7, 11) is 3.60. The van der Waals surface area contributed by atoms with Crippen molar-refractivity contribution in [3.63, 3.8) is 0 Å². The SMILES string of the molecule is CCN1C(=O)/C(=C2\Sc3ccc(OC)cc3N2C)SC1=Nc1ccc(C(C)=O)cc1. The van der Waals surface area contributed by atoms with E-state index in [1.807, 2.05) is 37.1 Å². The van der Waals surface area contributed by atoms with Crippen LogP contribution < -0.4 is 9.64 Å². The van der Waals surface area contributed by atoms with Gasteiger partial charge in [-0.25, -0.2) is 4.99 Å². The van der Waals surface area contributed by atoms with E-state index in [1.165, 1.54) is 18.7 Å². The van der Waals surface area contributed by atoms with Gasteiger partial charge in [0.15, 0.2) is 11.0 Å². The van der Waals surface area contributed by atoms with E-state index in [4.69, 9.17) is 4.74 Å². The molecule has 4 rings (SSSR count). The minimum absolute atomic E-state index is 0.0133. The van der Waals surface area contributed by atoms with Crippen LogP contribution in [0.2, 0.25) is 0 Å². The van der Waals surface area contributed by atoms with Crippen LogP contribution in [-0.2, 0) is 4.79 Å². The van der Waals surface area contributed by atoms with Gasteiger partial charge >= 0.3 is 0 Å². The Balaban J connectivity index is 1.68. The Bertz CT molecular complexity index is 1090. The third kappa shape index (κ3) is 3.61. The minimum Gasteiger partial charge on any atom is -0.497 e. The fraction of sp³-hybridized carbons (Fsp3) is 0.227. The molecule has 0 bridgehead atoms. The van der Waals surface area contributed by atoms with Gasteiger partial charge in [-0.1, -0.05) is 11.8 Å². The van der Waals surface area contributed by atoms with Gasteiger partial charge in [0, 0.05) is 30.1 Å². The van der Waals surface area contributed by atoms with Crippen LogP contribution >= 0.6 is 23.5 Å². The van der Waals surface area contributed by atoms with Gasteiger partial charge < -0.3 is 9.64 Å². The molecule has 2 aliphatic rings.